The average molecular weight is 297 g/mol. The summed E-state index contributed by atoms with van der Waals surface area (Å²) in [6.45, 7) is 6.22. The van der Waals surface area contributed by atoms with Gasteiger partial charge in [-0.2, -0.15) is 0 Å². The number of carbonyl (C=O) groups excluding carboxylic acids is 1. The Kier molecular flexibility index (Phi) is 6.23. The minimum Gasteiger partial charge on any atom is -0.354 e. The van der Waals surface area contributed by atoms with Gasteiger partial charge in [0.15, 0.2) is 0 Å². The van der Waals surface area contributed by atoms with Crippen molar-refractivity contribution < 1.29 is 14.1 Å². The number of rotatable bonds is 7. The number of nitrogens with zero attached hydrogens (tertiary/aromatic N) is 1. The highest BCUT2D eigenvalue weighted by Crippen LogP contribution is 2.19. The molecule has 1 aromatic rings. The highest BCUT2D eigenvalue weighted by Gasteiger charge is 2.17. The first-order valence-corrected chi connectivity index (χ1v) is 6.75. The Hall–Kier alpha value is -2.02. The predicted octanol–water partition coefficient (Wildman–Crippen LogP) is 1.98. The number of amides is 1. The van der Waals surface area contributed by atoms with Gasteiger partial charge in [-0.1, -0.05) is 13.8 Å². The molecular weight excluding hydrogens is 277 g/mol. The standard InChI is InChI=1S/C14H20FN3O3/c1-9(2)7-17-14(19)10(3)16-8-11-6-12(15)4-5-13(11)18(20)21/h4-6,9-10,16H,7-8H2,1-3H3,(H,17,19). The van der Waals surface area contributed by atoms with Crippen molar-refractivity contribution in [2.24, 2.45) is 5.92 Å². The van der Waals surface area contributed by atoms with Gasteiger partial charge in [-0.25, -0.2) is 4.39 Å². The van der Waals surface area contributed by atoms with E-state index in [2.05, 4.69) is 10.6 Å². The molecule has 0 bridgehead atoms. The number of nitro benzene ring substituents is 1. The molecule has 0 aromatic heterocycles. The van der Waals surface area contributed by atoms with Crippen molar-refractivity contribution >= 4 is 11.6 Å². The maximum absolute atomic E-state index is 13.2. The molecule has 0 heterocycles. The van der Waals surface area contributed by atoms with Gasteiger partial charge in [0.2, 0.25) is 5.91 Å². The van der Waals surface area contributed by atoms with E-state index in [1.54, 1.807) is 6.92 Å². The molecule has 0 spiro atoms. The third-order valence-corrected chi connectivity index (χ3v) is 2.91. The fraction of sp³-hybridized carbons (Fsp3) is 0.500. The molecule has 0 radical (unpaired) electrons. The van der Waals surface area contributed by atoms with Crippen LogP contribution in [-0.2, 0) is 11.3 Å². The van der Waals surface area contributed by atoms with Crippen LogP contribution in [0.1, 0.15) is 26.3 Å². The second kappa shape index (κ2) is 7.68. The van der Waals surface area contributed by atoms with Crippen molar-refractivity contribution in [3.05, 3.63) is 39.7 Å². The zero-order valence-corrected chi connectivity index (χ0v) is 12.4. The van der Waals surface area contributed by atoms with E-state index in [1.165, 1.54) is 0 Å². The van der Waals surface area contributed by atoms with Crippen LogP contribution in [0.4, 0.5) is 10.1 Å². The Morgan fingerprint density at radius 1 is 1.38 bits per heavy atom. The van der Waals surface area contributed by atoms with E-state index in [4.69, 9.17) is 0 Å². The van der Waals surface area contributed by atoms with E-state index >= 15 is 0 Å². The van der Waals surface area contributed by atoms with Crippen molar-refractivity contribution in [1.82, 2.24) is 10.6 Å². The van der Waals surface area contributed by atoms with Gasteiger partial charge in [0.05, 0.1) is 11.0 Å². The van der Waals surface area contributed by atoms with Crippen molar-refractivity contribution in [2.75, 3.05) is 6.54 Å². The summed E-state index contributed by atoms with van der Waals surface area (Å²) < 4.78 is 13.2. The molecule has 1 rings (SSSR count). The zero-order valence-electron chi connectivity index (χ0n) is 12.4. The van der Waals surface area contributed by atoms with E-state index in [-0.39, 0.29) is 23.7 Å². The van der Waals surface area contributed by atoms with Crippen molar-refractivity contribution in [3.63, 3.8) is 0 Å². The number of benzene rings is 1. The number of nitro groups is 1. The van der Waals surface area contributed by atoms with Crippen LogP contribution in [0.3, 0.4) is 0 Å². The van der Waals surface area contributed by atoms with Crippen LogP contribution in [-0.4, -0.2) is 23.4 Å². The average Bonchev–Trinajstić information content (AvgIpc) is 2.41. The third-order valence-electron chi connectivity index (χ3n) is 2.91. The summed E-state index contributed by atoms with van der Waals surface area (Å²) in [5.41, 5.74) is 0.0437. The smallest absolute Gasteiger partial charge is 0.274 e. The summed E-state index contributed by atoms with van der Waals surface area (Å²) in [4.78, 5) is 22.1. The van der Waals surface area contributed by atoms with Crippen molar-refractivity contribution in [2.45, 2.75) is 33.4 Å². The van der Waals surface area contributed by atoms with Gasteiger partial charge in [-0.3, -0.25) is 14.9 Å². The van der Waals surface area contributed by atoms with Gasteiger partial charge in [0.25, 0.3) is 5.69 Å². The molecule has 1 aromatic carbocycles. The van der Waals surface area contributed by atoms with Gasteiger partial charge in [-0.15, -0.1) is 0 Å². The van der Waals surface area contributed by atoms with E-state index in [1.807, 2.05) is 13.8 Å². The third kappa shape index (κ3) is 5.47. The summed E-state index contributed by atoms with van der Waals surface area (Å²) in [5, 5.41) is 16.5. The van der Waals surface area contributed by atoms with Crippen LogP contribution in [0, 0.1) is 21.8 Å². The number of hydrogen-bond donors (Lipinski definition) is 2. The zero-order chi connectivity index (χ0) is 16.0. The first-order valence-electron chi connectivity index (χ1n) is 6.75. The molecule has 21 heavy (non-hydrogen) atoms. The first kappa shape index (κ1) is 17.0. The molecule has 1 amide bonds. The number of halogens is 1. The van der Waals surface area contributed by atoms with Crippen LogP contribution < -0.4 is 10.6 Å². The maximum atomic E-state index is 13.2. The highest BCUT2D eigenvalue weighted by molar-refractivity contribution is 5.81. The summed E-state index contributed by atoms with van der Waals surface area (Å²) in [7, 11) is 0. The van der Waals surface area contributed by atoms with Gasteiger partial charge in [0.1, 0.15) is 5.82 Å². The number of hydrogen-bond acceptors (Lipinski definition) is 4. The lowest BCUT2D eigenvalue weighted by molar-refractivity contribution is -0.385. The molecule has 116 valence electrons. The van der Waals surface area contributed by atoms with Crippen LogP contribution in [0.25, 0.3) is 0 Å². The fourth-order valence-corrected chi connectivity index (χ4v) is 1.69. The monoisotopic (exact) mass is 297 g/mol. The van der Waals surface area contributed by atoms with Crippen LogP contribution in [0.5, 0.6) is 0 Å². The lowest BCUT2D eigenvalue weighted by atomic mass is 10.1. The second-order valence-electron chi connectivity index (χ2n) is 5.27. The molecule has 6 nitrogen and oxygen atoms in total. The van der Waals surface area contributed by atoms with E-state index < -0.39 is 16.8 Å². The molecular formula is C14H20FN3O3. The first-order chi connectivity index (χ1) is 9.81. The van der Waals surface area contributed by atoms with Crippen LogP contribution in [0.2, 0.25) is 0 Å². The highest BCUT2D eigenvalue weighted by atomic mass is 19.1. The number of carbonyl (C=O) groups is 1. The van der Waals surface area contributed by atoms with Crippen molar-refractivity contribution in [3.8, 4) is 0 Å². The number of nitrogens with one attached hydrogen (secondary N) is 2. The Bertz CT molecular complexity index is 520. The quantitative estimate of drug-likeness (QED) is 0.595. The fourth-order valence-electron chi connectivity index (χ4n) is 1.69. The molecule has 0 saturated carbocycles. The lowest BCUT2D eigenvalue weighted by Crippen LogP contribution is -2.43. The largest absolute Gasteiger partial charge is 0.354 e. The predicted molar refractivity (Wildman–Crippen MR) is 77.2 cm³/mol. The molecule has 7 heteroatoms. The summed E-state index contributed by atoms with van der Waals surface area (Å²) >= 11 is 0. The summed E-state index contributed by atoms with van der Waals surface area (Å²) in [5.74, 6) is -0.400. The van der Waals surface area contributed by atoms with Gasteiger partial charge >= 0.3 is 0 Å². The molecule has 0 saturated heterocycles. The van der Waals surface area contributed by atoms with E-state index in [0.717, 1.165) is 18.2 Å². The summed E-state index contributed by atoms with van der Waals surface area (Å²) in [6.07, 6.45) is 0. The van der Waals surface area contributed by atoms with Gasteiger partial charge in [0, 0.05) is 24.7 Å². The van der Waals surface area contributed by atoms with Gasteiger partial charge < -0.3 is 10.6 Å². The Morgan fingerprint density at radius 2 is 2.05 bits per heavy atom. The Labute approximate surface area is 122 Å². The van der Waals surface area contributed by atoms with Gasteiger partial charge in [-0.05, 0) is 25.0 Å². The normalized spacial score (nSPS) is 12.2. The lowest BCUT2D eigenvalue weighted by Gasteiger charge is -2.15. The molecule has 0 fully saturated rings. The minimum atomic E-state index is -0.569. The molecule has 0 aliphatic carbocycles. The SMILES string of the molecule is CC(C)CNC(=O)C(C)NCc1cc(F)ccc1[N+](=O)[O-]. The van der Waals surface area contributed by atoms with E-state index in [0.29, 0.717) is 12.5 Å². The molecule has 0 aliphatic heterocycles. The topological polar surface area (TPSA) is 84.3 Å². The second-order valence-corrected chi connectivity index (χ2v) is 5.27. The molecule has 1 atom stereocenters. The minimum absolute atomic E-state index is 0.0460. The molecule has 0 aliphatic rings. The summed E-state index contributed by atoms with van der Waals surface area (Å²) in [6, 6.07) is 2.74. The van der Waals surface area contributed by atoms with Crippen molar-refractivity contribution in [1.29, 1.82) is 0 Å². The van der Waals surface area contributed by atoms with Crippen LogP contribution >= 0.6 is 0 Å². The van der Waals surface area contributed by atoms with Crippen LogP contribution in [0.15, 0.2) is 18.2 Å². The molecule has 2 N–H and O–H groups in total. The Morgan fingerprint density at radius 3 is 2.62 bits per heavy atom. The van der Waals surface area contributed by atoms with E-state index in [9.17, 15) is 19.3 Å². The molecule has 1 unspecified atom stereocenters. The maximum Gasteiger partial charge on any atom is 0.274 e. The Balaban J connectivity index is 2.64.